The maximum atomic E-state index is 11.7. The molecule has 7 N–H and O–H groups in total. The molecular weight excluding hydrogens is 480 g/mol. The van der Waals surface area contributed by atoms with Crippen molar-refractivity contribution < 1.29 is 59.5 Å². The zero-order valence-electron chi connectivity index (χ0n) is 20.8. The number of rotatable bonds is 9. The average molecular weight is 521 g/mol. The summed E-state index contributed by atoms with van der Waals surface area (Å²) in [4.78, 5) is 11.7. The fraction of sp³-hybridized carbons (Fsp3) is 0.875. The molecule has 2 aliphatic heterocycles. The van der Waals surface area contributed by atoms with Gasteiger partial charge in [0.15, 0.2) is 18.4 Å². The van der Waals surface area contributed by atoms with E-state index in [0.29, 0.717) is 12.8 Å². The maximum absolute atomic E-state index is 11.7. The molecule has 12 heteroatoms. The van der Waals surface area contributed by atoms with Gasteiger partial charge in [0, 0.05) is 6.42 Å². The molecule has 0 spiro atoms. The summed E-state index contributed by atoms with van der Waals surface area (Å²) in [6.07, 6.45) is -9.67. The first kappa shape index (κ1) is 29.5. The van der Waals surface area contributed by atoms with Gasteiger partial charge >= 0.3 is 0 Å². The molecule has 3 rings (SSSR count). The predicted molar refractivity (Wildman–Crippen MR) is 122 cm³/mol. The fourth-order valence-corrected chi connectivity index (χ4v) is 4.88. The first-order chi connectivity index (χ1) is 16.9. The first-order valence-corrected chi connectivity index (χ1v) is 12.3. The SMILES string of the molecule is C[C@H](CC[C@H]1C=CC(=O)CC1(C)C)O[C@@H]1O[C@H](CO[C@@H]2O[C@H](CO)[C@@H](O)[C@H](O)[C@H]2O)[C@@H](O)[C@H](O)[C@H]1O. The van der Waals surface area contributed by atoms with Gasteiger partial charge in [0.1, 0.15) is 48.8 Å². The molecule has 36 heavy (non-hydrogen) atoms. The number of ether oxygens (including phenoxy) is 4. The lowest BCUT2D eigenvalue weighted by atomic mass is 9.70. The highest BCUT2D eigenvalue weighted by Gasteiger charge is 2.47. The highest BCUT2D eigenvalue weighted by atomic mass is 16.7. The Morgan fingerprint density at radius 1 is 0.944 bits per heavy atom. The van der Waals surface area contributed by atoms with Crippen LogP contribution in [0, 0.1) is 11.3 Å². The van der Waals surface area contributed by atoms with Gasteiger partial charge in [-0.3, -0.25) is 4.79 Å². The van der Waals surface area contributed by atoms with E-state index in [4.69, 9.17) is 18.9 Å². The van der Waals surface area contributed by atoms with Crippen molar-refractivity contribution in [2.24, 2.45) is 11.3 Å². The molecule has 2 heterocycles. The van der Waals surface area contributed by atoms with Gasteiger partial charge < -0.3 is 54.7 Å². The lowest BCUT2D eigenvalue weighted by Crippen LogP contribution is -2.62. The Morgan fingerprint density at radius 3 is 2.14 bits per heavy atom. The largest absolute Gasteiger partial charge is 0.394 e. The molecule has 0 amide bonds. The monoisotopic (exact) mass is 520 g/mol. The van der Waals surface area contributed by atoms with Crippen molar-refractivity contribution in [3.63, 3.8) is 0 Å². The fourth-order valence-electron chi connectivity index (χ4n) is 4.88. The van der Waals surface area contributed by atoms with Crippen molar-refractivity contribution in [3.8, 4) is 0 Å². The Balaban J connectivity index is 1.55. The smallest absolute Gasteiger partial charge is 0.186 e. The summed E-state index contributed by atoms with van der Waals surface area (Å²) in [5.74, 6) is 0.273. The van der Waals surface area contributed by atoms with Gasteiger partial charge in [0.2, 0.25) is 0 Å². The lowest BCUT2D eigenvalue weighted by Gasteiger charge is -2.43. The van der Waals surface area contributed by atoms with E-state index in [2.05, 4.69) is 0 Å². The van der Waals surface area contributed by atoms with Gasteiger partial charge in [-0.2, -0.15) is 0 Å². The Bertz CT molecular complexity index is 757. The number of carbonyl (C=O) groups is 1. The summed E-state index contributed by atoms with van der Waals surface area (Å²) in [7, 11) is 0. The van der Waals surface area contributed by atoms with Crippen molar-refractivity contribution in [2.45, 2.75) is 108 Å². The summed E-state index contributed by atoms with van der Waals surface area (Å²) in [5.41, 5.74) is -0.181. The van der Waals surface area contributed by atoms with Crippen molar-refractivity contribution in [1.82, 2.24) is 0 Å². The molecule has 2 fully saturated rings. The normalized spacial score (nSPS) is 43.9. The van der Waals surface area contributed by atoms with Crippen LogP contribution in [-0.4, -0.2) is 122 Å². The van der Waals surface area contributed by atoms with E-state index in [1.807, 2.05) is 19.9 Å². The number of allylic oxidation sites excluding steroid dienone is 2. The Kier molecular flexibility index (Phi) is 10.0. The standard InChI is InChI=1S/C24H40O12/c1-11(4-5-12-6-7-13(26)8-24(12,2)3)34-23-21(32)19(30)17(28)15(36-23)10-33-22-20(31)18(29)16(27)14(9-25)35-22/h6-7,11-12,14-23,25,27-32H,4-5,8-10H2,1-3H3/t11-,12+,14-,15-,16-,17-,18+,19+,20-,21-,22-,23-/m1/s1. The van der Waals surface area contributed by atoms with Crippen LogP contribution < -0.4 is 0 Å². The molecule has 12 nitrogen and oxygen atoms in total. The minimum Gasteiger partial charge on any atom is -0.394 e. The number of ketones is 1. The van der Waals surface area contributed by atoms with Crippen molar-refractivity contribution in [3.05, 3.63) is 12.2 Å². The molecule has 0 aromatic heterocycles. The molecule has 0 radical (unpaired) electrons. The maximum Gasteiger partial charge on any atom is 0.186 e. The van der Waals surface area contributed by atoms with Crippen molar-refractivity contribution in [2.75, 3.05) is 13.2 Å². The summed E-state index contributed by atoms with van der Waals surface area (Å²) >= 11 is 0. The molecule has 1 aliphatic carbocycles. The minimum absolute atomic E-state index is 0.101. The van der Waals surface area contributed by atoms with E-state index >= 15 is 0 Å². The summed E-state index contributed by atoms with van der Waals surface area (Å²) < 4.78 is 22.2. The second-order valence-corrected chi connectivity index (χ2v) is 10.7. The number of hydrogen-bond acceptors (Lipinski definition) is 12. The summed E-state index contributed by atoms with van der Waals surface area (Å²) in [6.45, 7) is 4.82. The third-order valence-electron chi connectivity index (χ3n) is 7.34. The van der Waals surface area contributed by atoms with Crippen LogP contribution in [0.15, 0.2) is 12.2 Å². The molecule has 0 bridgehead atoms. The van der Waals surface area contributed by atoms with E-state index in [1.165, 1.54) is 0 Å². The topological polar surface area (TPSA) is 196 Å². The van der Waals surface area contributed by atoms with Crippen LogP contribution in [0.5, 0.6) is 0 Å². The quantitative estimate of drug-likeness (QED) is 0.176. The average Bonchev–Trinajstić information content (AvgIpc) is 2.82. The van der Waals surface area contributed by atoms with Gasteiger partial charge in [0.05, 0.1) is 19.3 Å². The van der Waals surface area contributed by atoms with E-state index in [-0.39, 0.29) is 23.2 Å². The molecule has 3 aliphatic rings. The van der Waals surface area contributed by atoms with E-state index in [9.17, 15) is 40.5 Å². The molecule has 0 saturated carbocycles. The molecule has 12 atom stereocenters. The molecule has 0 aromatic rings. The number of hydrogen-bond donors (Lipinski definition) is 7. The molecular formula is C24H40O12. The Labute approximate surface area is 210 Å². The zero-order valence-corrected chi connectivity index (χ0v) is 20.8. The highest BCUT2D eigenvalue weighted by Crippen LogP contribution is 2.38. The van der Waals surface area contributed by atoms with Crippen LogP contribution >= 0.6 is 0 Å². The third kappa shape index (κ3) is 6.69. The van der Waals surface area contributed by atoms with E-state index in [0.717, 1.165) is 6.42 Å². The van der Waals surface area contributed by atoms with Crippen LogP contribution in [0.4, 0.5) is 0 Å². The summed E-state index contributed by atoms with van der Waals surface area (Å²) in [5, 5.41) is 70.3. The van der Waals surface area contributed by atoms with Crippen molar-refractivity contribution in [1.29, 1.82) is 0 Å². The summed E-state index contributed by atoms with van der Waals surface area (Å²) in [6, 6.07) is 0. The van der Waals surface area contributed by atoms with Gasteiger partial charge in [-0.1, -0.05) is 19.9 Å². The van der Waals surface area contributed by atoms with Crippen LogP contribution in [0.1, 0.15) is 40.0 Å². The van der Waals surface area contributed by atoms with Crippen LogP contribution in [0.2, 0.25) is 0 Å². The van der Waals surface area contributed by atoms with Gasteiger partial charge in [-0.25, -0.2) is 0 Å². The Hall–Kier alpha value is -1.03. The molecule has 0 aromatic carbocycles. The van der Waals surface area contributed by atoms with E-state index in [1.54, 1.807) is 13.0 Å². The second kappa shape index (κ2) is 12.2. The molecule has 0 unspecified atom stereocenters. The Morgan fingerprint density at radius 2 is 1.53 bits per heavy atom. The number of aliphatic hydroxyl groups excluding tert-OH is 7. The van der Waals surface area contributed by atoms with Crippen LogP contribution in [-0.2, 0) is 23.7 Å². The number of aliphatic hydroxyl groups is 7. The van der Waals surface area contributed by atoms with Gasteiger partial charge in [0.25, 0.3) is 0 Å². The molecule has 2 saturated heterocycles. The van der Waals surface area contributed by atoms with Crippen LogP contribution in [0.3, 0.4) is 0 Å². The van der Waals surface area contributed by atoms with Crippen molar-refractivity contribution >= 4 is 5.78 Å². The third-order valence-corrected chi connectivity index (χ3v) is 7.34. The van der Waals surface area contributed by atoms with Gasteiger partial charge in [-0.15, -0.1) is 0 Å². The van der Waals surface area contributed by atoms with Gasteiger partial charge in [-0.05, 0) is 37.2 Å². The minimum atomic E-state index is -1.64. The number of carbonyl (C=O) groups excluding carboxylic acids is 1. The first-order valence-electron chi connectivity index (χ1n) is 12.3. The van der Waals surface area contributed by atoms with E-state index < -0.39 is 74.6 Å². The highest BCUT2D eigenvalue weighted by molar-refractivity contribution is 5.91. The second-order valence-electron chi connectivity index (χ2n) is 10.7. The van der Waals surface area contributed by atoms with Crippen LogP contribution in [0.25, 0.3) is 0 Å². The predicted octanol–water partition coefficient (Wildman–Crippen LogP) is -2.03. The molecule has 208 valence electrons. The zero-order chi connectivity index (χ0) is 26.8. The lowest BCUT2D eigenvalue weighted by molar-refractivity contribution is -0.335.